The van der Waals surface area contributed by atoms with Crippen molar-refractivity contribution in [2.45, 2.75) is 13.8 Å². The van der Waals surface area contributed by atoms with Crippen LogP contribution in [0.2, 0.25) is 0 Å². The Bertz CT molecular complexity index is 567. The number of halogens is 1. The molecule has 1 fully saturated rings. The van der Waals surface area contributed by atoms with E-state index < -0.39 is 7.92 Å². The van der Waals surface area contributed by atoms with Crippen LogP contribution in [0.5, 0.6) is 0 Å². The van der Waals surface area contributed by atoms with Crippen LogP contribution in [0.15, 0.2) is 30.5 Å². The minimum Gasteiger partial charge on any atom is -0.291 e. The molecule has 1 aromatic rings. The number of rotatable bonds is 4. The van der Waals surface area contributed by atoms with E-state index in [1.165, 1.54) is 10.8 Å². The molecule has 114 valence electrons. The number of hydrogen-bond acceptors (Lipinski definition) is 3. The molecule has 0 radical (unpaired) electrons. The van der Waals surface area contributed by atoms with Gasteiger partial charge in [-0.3, -0.25) is 9.69 Å². The van der Waals surface area contributed by atoms with Crippen LogP contribution in [-0.4, -0.2) is 39.9 Å². The molecule has 1 aliphatic rings. The molecule has 0 N–H and O–H groups in total. The van der Waals surface area contributed by atoms with Gasteiger partial charge in [0, 0.05) is 6.54 Å². The lowest BCUT2D eigenvalue weighted by Crippen LogP contribution is -2.24. The van der Waals surface area contributed by atoms with Gasteiger partial charge in [0.05, 0.1) is 6.20 Å². The molecule has 0 bridgehead atoms. The minimum atomic E-state index is -0.602. The summed E-state index contributed by atoms with van der Waals surface area (Å²) in [5.41, 5.74) is 0.136. The number of imidazole rings is 1. The lowest BCUT2D eigenvalue weighted by atomic mass is 10.5. The molecule has 0 aromatic carbocycles. The summed E-state index contributed by atoms with van der Waals surface area (Å²) in [6.45, 7) is 13.9. The standard InChI is InChI=1S/C12H14ClN4OP.C2H6/c1-4-9(13)15-17-10(5-2)14-8-11(17)16-6-7-19(3)12(16)18;1-2/h4-5,8H,1-2,6-7H2,3H3;1-2H3/b15-9+;. The van der Waals surface area contributed by atoms with Crippen LogP contribution in [0, 0.1) is 0 Å². The molecule has 1 saturated heterocycles. The normalized spacial score (nSPS) is 18.3. The number of carbonyl (C=O) groups is 1. The van der Waals surface area contributed by atoms with Gasteiger partial charge in [0.25, 0.3) is 0 Å². The summed E-state index contributed by atoms with van der Waals surface area (Å²) >= 11 is 5.88. The van der Waals surface area contributed by atoms with E-state index in [0.717, 1.165) is 6.16 Å². The van der Waals surface area contributed by atoms with E-state index in [0.29, 0.717) is 18.2 Å². The molecule has 1 unspecified atom stereocenters. The summed E-state index contributed by atoms with van der Waals surface area (Å²) in [5.74, 6) is 1.15. The van der Waals surface area contributed by atoms with Crippen molar-refractivity contribution in [2.75, 3.05) is 24.3 Å². The first-order valence-corrected chi connectivity index (χ1v) is 9.03. The highest BCUT2D eigenvalue weighted by atomic mass is 35.5. The summed E-state index contributed by atoms with van der Waals surface area (Å²) < 4.78 is 1.52. The number of nitrogens with zero attached hydrogens (tertiary/aromatic N) is 4. The van der Waals surface area contributed by atoms with Crippen LogP contribution in [0.1, 0.15) is 19.7 Å². The molecule has 2 heterocycles. The fourth-order valence-corrected chi connectivity index (χ4v) is 3.15. The first-order chi connectivity index (χ1) is 10.1. The van der Waals surface area contributed by atoms with Gasteiger partial charge in [0.2, 0.25) is 5.65 Å². The molecule has 1 amide bonds. The first-order valence-electron chi connectivity index (χ1n) is 6.68. The fourth-order valence-electron chi connectivity index (χ4n) is 1.77. The number of amides is 1. The SMILES string of the molecule is C=C/C(Cl)=N\n1c(N2CCP(C)C2=O)cnc1C=C.CC. The molecule has 1 aromatic heterocycles. The number of hydrogen-bond donors (Lipinski definition) is 0. The van der Waals surface area contributed by atoms with Crippen LogP contribution in [0.25, 0.3) is 6.08 Å². The summed E-state index contributed by atoms with van der Waals surface area (Å²) in [4.78, 5) is 18.0. The molecule has 5 nitrogen and oxygen atoms in total. The Morgan fingerprint density at radius 3 is 2.67 bits per heavy atom. The van der Waals surface area contributed by atoms with Gasteiger partial charge in [0.15, 0.2) is 11.6 Å². The van der Waals surface area contributed by atoms with Crippen molar-refractivity contribution < 1.29 is 4.79 Å². The summed E-state index contributed by atoms with van der Waals surface area (Å²) in [7, 11) is -0.602. The Hall–Kier alpha value is -1.45. The van der Waals surface area contributed by atoms with Crippen LogP contribution >= 0.6 is 19.5 Å². The molecule has 1 atom stereocenters. The van der Waals surface area contributed by atoms with Gasteiger partial charge in [-0.2, -0.15) is 9.78 Å². The summed E-state index contributed by atoms with van der Waals surface area (Å²) in [6, 6.07) is 0. The maximum atomic E-state index is 12.1. The molecule has 1 aliphatic heterocycles. The van der Waals surface area contributed by atoms with Gasteiger partial charge in [-0.15, -0.1) is 0 Å². The predicted molar refractivity (Wildman–Crippen MR) is 93.0 cm³/mol. The molecule has 2 rings (SSSR count). The molecule has 0 saturated carbocycles. The van der Waals surface area contributed by atoms with Crippen molar-refractivity contribution in [3.8, 4) is 0 Å². The van der Waals surface area contributed by atoms with Gasteiger partial charge >= 0.3 is 0 Å². The lowest BCUT2D eigenvalue weighted by Gasteiger charge is -2.16. The zero-order valence-corrected chi connectivity index (χ0v) is 14.2. The van der Waals surface area contributed by atoms with Crippen molar-refractivity contribution in [1.29, 1.82) is 0 Å². The van der Waals surface area contributed by atoms with Crippen LogP contribution in [-0.2, 0) is 0 Å². The third kappa shape index (κ3) is 3.80. The largest absolute Gasteiger partial charge is 0.291 e. The van der Waals surface area contributed by atoms with Gasteiger partial charge in [0.1, 0.15) is 5.17 Å². The van der Waals surface area contributed by atoms with Gasteiger partial charge < -0.3 is 0 Å². The highest BCUT2D eigenvalue weighted by Crippen LogP contribution is 2.41. The van der Waals surface area contributed by atoms with E-state index in [1.807, 2.05) is 20.5 Å². The third-order valence-corrected chi connectivity index (χ3v) is 4.78. The number of aromatic nitrogens is 2. The van der Waals surface area contributed by atoms with E-state index in [1.54, 1.807) is 17.2 Å². The molecular formula is C14H20ClN4OP. The zero-order valence-electron chi connectivity index (χ0n) is 12.6. The van der Waals surface area contributed by atoms with Crippen LogP contribution < -0.4 is 4.90 Å². The topological polar surface area (TPSA) is 50.5 Å². The average molecular weight is 327 g/mol. The Kier molecular flexibility index (Phi) is 6.79. The molecule has 0 aliphatic carbocycles. The third-order valence-electron chi connectivity index (χ3n) is 2.79. The second kappa shape index (κ2) is 8.11. The zero-order chi connectivity index (χ0) is 16.0. The van der Waals surface area contributed by atoms with Gasteiger partial charge in [-0.1, -0.05) is 38.6 Å². The van der Waals surface area contributed by atoms with E-state index in [4.69, 9.17) is 11.6 Å². The number of allylic oxidation sites excluding steroid dienone is 1. The molecule has 0 spiro atoms. The first kappa shape index (κ1) is 17.6. The minimum absolute atomic E-state index is 0.136. The van der Waals surface area contributed by atoms with E-state index in [2.05, 4.69) is 23.2 Å². The monoisotopic (exact) mass is 326 g/mol. The van der Waals surface area contributed by atoms with Gasteiger partial charge in [-0.05, 0) is 32.9 Å². The Morgan fingerprint density at radius 1 is 1.52 bits per heavy atom. The smallest absolute Gasteiger partial charge is 0.248 e. The van der Waals surface area contributed by atoms with Crippen molar-refractivity contribution in [3.05, 3.63) is 31.3 Å². The second-order valence-corrected chi connectivity index (χ2v) is 6.59. The highest BCUT2D eigenvalue weighted by molar-refractivity contribution is 7.75. The maximum absolute atomic E-state index is 12.1. The molecule has 7 heteroatoms. The Morgan fingerprint density at radius 2 is 2.19 bits per heavy atom. The van der Waals surface area contributed by atoms with Crippen molar-refractivity contribution in [3.63, 3.8) is 0 Å². The molecular weight excluding hydrogens is 307 g/mol. The van der Waals surface area contributed by atoms with E-state index >= 15 is 0 Å². The Labute approximate surface area is 131 Å². The van der Waals surface area contributed by atoms with Gasteiger partial charge in [-0.25, -0.2) is 4.98 Å². The quantitative estimate of drug-likeness (QED) is 0.615. The summed E-state index contributed by atoms with van der Waals surface area (Å²) in [6.07, 6.45) is 5.49. The maximum Gasteiger partial charge on any atom is 0.248 e. The number of anilines is 1. The Balaban J connectivity index is 0.00000106. The second-order valence-electron chi connectivity index (χ2n) is 3.97. The lowest BCUT2D eigenvalue weighted by molar-refractivity contribution is 0.265. The number of carbonyl (C=O) groups excluding carboxylic acids is 1. The van der Waals surface area contributed by atoms with E-state index in [-0.39, 0.29) is 10.8 Å². The summed E-state index contributed by atoms with van der Waals surface area (Å²) in [5, 5.41) is 4.40. The average Bonchev–Trinajstić information content (AvgIpc) is 3.05. The highest BCUT2D eigenvalue weighted by Gasteiger charge is 2.31. The fraction of sp³-hybridized carbons (Fsp3) is 0.357. The van der Waals surface area contributed by atoms with Crippen molar-refractivity contribution >= 4 is 42.2 Å². The van der Waals surface area contributed by atoms with Crippen molar-refractivity contribution in [2.24, 2.45) is 5.10 Å². The van der Waals surface area contributed by atoms with Crippen LogP contribution in [0.3, 0.4) is 0 Å². The van der Waals surface area contributed by atoms with Crippen LogP contribution in [0.4, 0.5) is 10.6 Å². The van der Waals surface area contributed by atoms with E-state index in [9.17, 15) is 4.79 Å². The van der Waals surface area contributed by atoms with Crippen molar-refractivity contribution in [1.82, 2.24) is 9.66 Å². The molecule has 21 heavy (non-hydrogen) atoms. The predicted octanol–water partition coefficient (Wildman–Crippen LogP) is 4.19.